The molecule has 8 nitrogen and oxygen atoms in total. The topological polar surface area (TPSA) is 96.0 Å². The first kappa shape index (κ1) is 16.6. The third-order valence-corrected chi connectivity index (χ3v) is 5.40. The van der Waals surface area contributed by atoms with E-state index in [9.17, 15) is 19.2 Å². The maximum Gasteiger partial charge on any atom is 0.410 e. The first-order valence-electron chi connectivity index (χ1n) is 8.61. The smallest absolute Gasteiger partial charge is 0.410 e. The molecular weight excluding hydrogens is 338 g/mol. The van der Waals surface area contributed by atoms with Gasteiger partial charge in [-0.15, -0.1) is 0 Å². The van der Waals surface area contributed by atoms with E-state index in [0.717, 1.165) is 5.56 Å². The van der Waals surface area contributed by atoms with Gasteiger partial charge >= 0.3 is 6.09 Å². The zero-order chi connectivity index (χ0) is 18.3. The summed E-state index contributed by atoms with van der Waals surface area (Å²) in [6, 6.07) is 9.30. The van der Waals surface area contributed by atoms with Gasteiger partial charge in [0, 0.05) is 19.0 Å². The number of hydrogen-bond acceptors (Lipinski definition) is 5. The van der Waals surface area contributed by atoms with Crippen molar-refractivity contribution in [3.8, 4) is 0 Å². The van der Waals surface area contributed by atoms with Crippen molar-refractivity contribution in [1.29, 1.82) is 0 Å². The highest BCUT2D eigenvalue weighted by molar-refractivity contribution is 6.08. The molecule has 1 aromatic rings. The van der Waals surface area contributed by atoms with E-state index in [1.165, 1.54) is 9.80 Å². The van der Waals surface area contributed by atoms with Gasteiger partial charge in [-0.1, -0.05) is 30.3 Å². The van der Waals surface area contributed by atoms with Crippen LogP contribution in [0.3, 0.4) is 0 Å². The van der Waals surface area contributed by atoms with Crippen molar-refractivity contribution < 1.29 is 23.9 Å². The van der Waals surface area contributed by atoms with Crippen molar-refractivity contribution >= 4 is 23.8 Å². The van der Waals surface area contributed by atoms with Crippen LogP contribution in [0.25, 0.3) is 0 Å². The Morgan fingerprint density at radius 2 is 1.88 bits per heavy atom. The average Bonchev–Trinajstić information content (AvgIpc) is 2.60. The van der Waals surface area contributed by atoms with E-state index < -0.39 is 17.5 Å². The Morgan fingerprint density at radius 1 is 1.15 bits per heavy atom. The molecule has 4 amide bonds. The third-order valence-electron chi connectivity index (χ3n) is 5.40. The van der Waals surface area contributed by atoms with Crippen LogP contribution in [0.5, 0.6) is 0 Å². The summed E-state index contributed by atoms with van der Waals surface area (Å²) in [5.74, 6) is -1.16. The maximum atomic E-state index is 12.6. The Labute approximate surface area is 150 Å². The molecule has 1 aromatic carbocycles. The van der Waals surface area contributed by atoms with E-state index in [1.807, 2.05) is 30.3 Å². The fourth-order valence-corrected chi connectivity index (χ4v) is 3.89. The standard InChI is InChI=1S/C18H19N3O5/c22-14-10-20(17(25)26-11-12-4-2-1-3-5-12)6-7-21(14)18-8-13(9-18)15(23)19-16(18)24/h1-5,13H,6-11H2,(H,19,23,24). The summed E-state index contributed by atoms with van der Waals surface area (Å²) in [7, 11) is 0. The van der Waals surface area contributed by atoms with E-state index in [-0.39, 0.29) is 37.4 Å². The fourth-order valence-electron chi connectivity index (χ4n) is 3.89. The van der Waals surface area contributed by atoms with Gasteiger partial charge in [0.25, 0.3) is 5.91 Å². The first-order valence-corrected chi connectivity index (χ1v) is 8.61. The highest BCUT2D eigenvalue weighted by Gasteiger charge is 2.62. The molecule has 5 rings (SSSR count). The van der Waals surface area contributed by atoms with Crippen LogP contribution in [0.2, 0.25) is 0 Å². The molecule has 0 unspecified atom stereocenters. The molecule has 8 heteroatoms. The minimum Gasteiger partial charge on any atom is -0.445 e. The second kappa shape index (κ2) is 6.12. The summed E-state index contributed by atoms with van der Waals surface area (Å²) in [6.45, 7) is 0.575. The van der Waals surface area contributed by atoms with Gasteiger partial charge in [-0.25, -0.2) is 4.79 Å². The van der Waals surface area contributed by atoms with Crippen molar-refractivity contribution in [2.24, 2.45) is 5.92 Å². The third kappa shape index (κ3) is 2.61. The Morgan fingerprint density at radius 3 is 2.54 bits per heavy atom. The number of piperidine rings is 2. The molecule has 1 aliphatic carbocycles. The molecule has 1 N–H and O–H groups in total. The number of fused-ring (bicyclic) bond motifs is 2. The summed E-state index contributed by atoms with van der Waals surface area (Å²) < 4.78 is 5.26. The van der Waals surface area contributed by atoms with Gasteiger partial charge in [0.15, 0.2) is 0 Å². The van der Waals surface area contributed by atoms with Gasteiger partial charge in [-0.2, -0.15) is 0 Å². The van der Waals surface area contributed by atoms with E-state index in [4.69, 9.17) is 4.74 Å². The number of nitrogens with zero attached hydrogens (tertiary/aromatic N) is 2. The lowest BCUT2D eigenvalue weighted by Gasteiger charge is -2.56. The molecule has 0 aromatic heterocycles. The monoisotopic (exact) mass is 357 g/mol. The van der Waals surface area contributed by atoms with Crippen molar-refractivity contribution in [2.45, 2.75) is 25.0 Å². The van der Waals surface area contributed by atoms with Crippen molar-refractivity contribution in [3.05, 3.63) is 35.9 Å². The highest BCUT2D eigenvalue weighted by Crippen LogP contribution is 2.46. The van der Waals surface area contributed by atoms with Crippen LogP contribution in [0.4, 0.5) is 4.79 Å². The van der Waals surface area contributed by atoms with Crippen LogP contribution in [-0.2, 0) is 25.7 Å². The first-order chi connectivity index (χ1) is 12.5. The molecule has 0 atom stereocenters. The second-order valence-corrected chi connectivity index (χ2v) is 6.96. The van der Waals surface area contributed by atoms with Crippen LogP contribution < -0.4 is 5.32 Å². The lowest BCUT2D eigenvalue weighted by atomic mass is 9.63. The molecule has 136 valence electrons. The molecule has 1 saturated carbocycles. The van der Waals surface area contributed by atoms with Gasteiger partial charge < -0.3 is 9.64 Å². The predicted octanol–water partition coefficient (Wildman–Crippen LogP) is 0.273. The summed E-state index contributed by atoms with van der Waals surface area (Å²) in [5, 5.41) is 2.33. The number of piperazine rings is 1. The van der Waals surface area contributed by atoms with Crippen LogP contribution >= 0.6 is 0 Å². The summed E-state index contributed by atoms with van der Waals surface area (Å²) >= 11 is 0. The van der Waals surface area contributed by atoms with Crippen LogP contribution in [0.15, 0.2) is 30.3 Å². The van der Waals surface area contributed by atoms with Gasteiger partial charge in [0.1, 0.15) is 18.7 Å². The summed E-state index contributed by atoms with van der Waals surface area (Å²) in [6.07, 6.45) is 0.207. The minimum absolute atomic E-state index is 0.124. The number of amides is 4. The number of carbonyl (C=O) groups excluding carboxylic acids is 4. The molecule has 0 radical (unpaired) electrons. The van der Waals surface area contributed by atoms with Gasteiger partial charge in [0.05, 0.1) is 0 Å². The number of benzene rings is 1. The molecule has 26 heavy (non-hydrogen) atoms. The van der Waals surface area contributed by atoms with E-state index >= 15 is 0 Å². The lowest BCUT2D eigenvalue weighted by Crippen LogP contribution is -2.76. The minimum atomic E-state index is -0.921. The number of hydrogen-bond donors (Lipinski definition) is 1. The van der Waals surface area contributed by atoms with E-state index in [0.29, 0.717) is 19.4 Å². The van der Waals surface area contributed by atoms with Crippen molar-refractivity contribution in [3.63, 3.8) is 0 Å². The molecule has 0 spiro atoms. The maximum absolute atomic E-state index is 12.6. The van der Waals surface area contributed by atoms with Gasteiger partial charge in [0.2, 0.25) is 11.8 Å². The van der Waals surface area contributed by atoms with Crippen molar-refractivity contribution in [2.75, 3.05) is 19.6 Å². The normalized spacial score (nSPS) is 27.7. The van der Waals surface area contributed by atoms with Crippen LogP contribution in [0.1, 0.15) is 18.4 Å². The van der Waals surface area contributed by atoms with Gasteiger partial charge in [-0.05, 0) is 18.4 Å². The fraction of sp³-hybridized carbons (Fsp3) is 0.444. The molecule has 3 aliphatic heterocycles. The molecule has 3 heterocycles. The molecule has 4 fully saturated rings. The molecule has 4 aliphatic rings. The lowest BCUT2D eigenvalue weighted by molar-refractivity contribution is -0.173. The Bertz CT molecular complexity index is 772. The molecule has 3 saturated heterocycles. The number of imide groups is 1. The number of carbonyl (C=O) groups is 4. The SMILES string of the molecule is O=C1NC(=O)C2(N3CCN(C(=O)OCc4ccccc4)CC3=O)CC1C2. The van der Waals surface area contributed by atoms with Crippen molar-refractivity contribution in [1.82, 2.24) is 15.1 Å². The van der Waals surface area contributed by atoms with Crippen LogP contribution in [-0.4, -0.2) is 58.8 Å². The molecule has 2 bridgehead atoms. The zero-order valence-electron chi connectivity index (χ0n) is 14.1. The Kier molecular flexibility index (Phi) is 3.90. The van der Waals surface area contributed by atoms with Crippen LogP contribution in [0, 0.1) is 5.92 Å². The van der Waals surface area contributed by atoms with Gasteiger partial charge in [-0.3, -0.25) is 24.6 Å². The summed E-state index contributed by atoms with van der Waals surface area (Å²) in [5.41, 5.74) is -0.0517. The second-order valence-electron chi connectivity index (χ2n) is 6.96. The number of ether oxygens (including phenoxy) is 1. The quantitative estimate of drug-likeness (QED) is 0.784. The highest BCUT2D eigenvalue weighted by atomic mass is 16.6. The number of nitrogens with one attached hydrogen (secondary N) is 1. The molecular formula is C18H19N3O5. The van der Waals surface area contributed by atoms with E-state index in [1.54, 1.807) is 0 Å². The number of rotatable bonds is 3. The Hall–Kier alpha value is -2.90. The largest absolute Gasteiger partial charge is 0.445 e. The Balaban J connectivity index is 1.35. The average molecular weight is 357 g/mol. The zero-order valence-corrected chi connectivity index (χ0v) is 14.1. The predicted molar refractivity (Wildman–Crippen MR) is 88.5 cm³/mol. The van der Waals surface area contributed by atoms with E-state index in [2.05, 4.69) is 5.32 Å². The summed E-state index contributed by atoms with van der Waals surface area (Å²) in [4.78, 5) is 51.5.